The van der Waals surface area contributed by atoms with Crippen LogP contribution in [0.25, 0.3) is 33.2 Å². The molecule has 0 N–H and O–H groups in total. The summed E-state index contributed by atoms with van der Waals surface area (Å²) in [5.41, 5.74) is 5.29. The van der Waals surface area contributed by atoms with Gasteiger partial charge < -0.3 is 4.42 Å². The van der Waals surface area contributed by atoms with Crippen molar-refractivity contribution in [2.24, 2.45) is 0 Å². The molecule has 0 aliphatic carbocycles. The Morgan fingerprint density at radius 3 is 2.45 bits per heavy atom. The lowest BCUT2D eigenvalue weighted by Crippen LogP contribution is -2.18. The molecule has 0 amide bonds. The topological polar surface area (TPSA) is 26.0 Å². The van der Waals surface area contributed by atoms with Crippen molar-refractivity contribution in [2.45, 2.75) is 19.3 Å². The molecule has 0 aliphatic heterocycles. The number of hydrogen-bond acceptors (Lipinski definition) is 2. The molecular weight excluding hydrogens is 361 g/mol. The van der Waals surface area contributed by atoms with Crippen LogP contribution in [0, 0.1) is 5.82 Å². The van der Waals surface area contributed by atoms with Crippen LogP contribution in [0.3, 0.4) is 0 Å². The number of hydrogen-bond donors (Lipinski definition) is 0. The Hall–Kier alpha value is -3.46. The molecule has 3 aromatic carbocycles. The summed E-state index contributed by atoms with van der Waals surface area (Å²) in [7, 11) is 0. The van der Waals surface area contributed by atoms with Gasteiger partial charge in [0.2, 0.25) is 0 Å². The van der Waals surface area contributed by atoms with Crippen molar-refractivity contribution in [2.75, 3.05) is 0 Å². The molecule has 0 atom stereocenters. The van der Waals surface area contributed by atoms with Crippen LogP contribution in [-0.2, 0) is 5.41 Å². The summed E-state index contributed by atoms with van der Waals surface area (Å²) in [6.07, 6.45) is 1.84. The molecule has 0 saturated carbocycles. The van der Waals surface area contributed by atoms with Crippen LogP contribution >= 0.6 is 0 Å². The van der Waals surface area contributed by atoms with Gasteiger partial charge in [0.1, 0.15) is 17.0 Å². The molecular formula is C26H20FNO. The zero-order chi connectivity index (χ0) is 20.0. The minimum atomic E-state index is -0.303. The first kappa shape index (κ1) is 17.6. The first-order valence-corrected chi connectivity index (χ1v) is 9.67. The van der Waals surface area contributed by atoms with Gasteiger partial charge in [0, 0.05) is 34.0 Å². The first-order valence-electron chi connectivity index (χ1n) is 9.67. The Labute approximate surface area is 168 Å². The van der Waals surface area contributed by atoms with Gasteiger partial charge in [-0.15, -0.1) is 0 Å². The molecule has 0 saturated heterocycles. The summed E-state index contributed by atoms with van der Waals surface area (Å²) in [6, 6.07) is 25.3. The van der Waals surface area contributed by atoms with Gasteiger partial charge in [-0.1, -0.05) is 56.3 Å². The standard InChI is InChI=1S/C26H20FNO/c1-26(2,17-7-4-3-5-8-17)18-13-14-28-23(15-18)22-10-6-9-21-20-12-11-19(27)16-24(20)29-25(21)22/h3-16H,1-2H3. The SMILES string of the molecule is CC(C)(c1ccccc1)c1ccnc(-c2cccc3c2oc2cc(F)ccc23)c1. The van der Waals surface area contributed by atoms with Crippen LogP contribution in [0.5, 0.6) is 0 Å². The molecule has 2 heterocycles. The second-order valence-corrected chi connectivity index (χ2v) is 7.85. The third-order valence-electron chi connectivity index (χ3n) is 5.71. The van der Waals surface area contributed by atoms with Crippen molar-refractivity contribution in [1.29, 1.82) is 0 Å². The molecule has 2 aromatic heterocycles. The van der Waals surface area contributed by atoms with E-state index in [0.29, 0.717) is 5.58 Å². The fourth-order valence-corrected chi connectivity index (χ4v) is 3.96. The summed E-state index contributed by atoms with van der Waals surface area (Å²) in [6.45, 7) is 4.43. The maximum Gasteiger partial charge on any atom is 0.144 e. The Balaban J connectivity index is 1.68. The van der Waals surface area contributed by atoms with E-state index in [0.717, 1.165) is 27.6 Å². The Morgan fingerprint density at radius 1 is 0.793 bits per heavy atom. The van der Waals surface area contributed by atoms with Gasteiger partial charge >= 0.3 is 0 Å². The van der Waals surface area contributed by atoms with E-state index in [2.05, 4.69) is 55.2 Å². The molecule has 5 rings (SSSR count). The van der Waals surface area contributed by atoms with Gasteiger partial charge in [-0.3, -0.25) is 4.98 Å². The number of halogens is 1. The lowest BCUT2D eigenvalue weighted by molar-refractivity contribution is 0.618. The summed E-state index contributed by atoms with van der Waals surface area (Å²) in [5, 5.41) is 1.87. The lowest BCUT2D eigenvalue weighted by Gasteiger charge is -2.26. The number of rotatable bonds is 3. The molecule has 29 heavy (non-hydrogen) atoms. The average molecular weight is 381 g/mol. The van der Waals surface area contributed by atoms with Gasteiger partial charge in [-0.25, -0.2) is 4.39 Å². The highest BCUT2D eigenvalue weighted by atomic mass is 19.1. The minimum Gasteiger partial charge on any atom is -0.455 e. The predicted molar refractivity (Wildman–Crippen MR) is 115 cm³/mol. The van der Waals surface area contributed by atoms with Crippen molar-refractivity contribution in [3.05, 3.63) is 102 Å². The monoisotopic (exact) mass is 381 g/mol. The molecule has 0 unspecified atom stereocenters. The highest BCUT2D eigenvalue weighted by molar-refractivity contribution is 6.09. The van der Waals surface area contributed by atoms with E-state index < -0.39 is 0 Å². The number of fused-ring (bicyclic) bond motifs is 3. The van der Waals surface area contributed by atoms with Crippen LogP contribution in [0.4, 0.5) is 4.39 Å². The Morgan fingerprint density at radius 2 is 1.62 bits per heavy atom. The number of nitrogens with zero attached hydrogens (tertiary/aromatic N) is 1. The van der Waals surface area contributed by atoms with E-state index in [1.165, 1.54) is 23.3 Å². The summed E-state index contributed by atoms with van der Waals surface area (Å²) in [4.78, 5) is 4.62. The quantitative estimate of drug-likeness (QED) is 0.333. The van der Waals surface area contributed by atoms with Gasteiger partial charge in [-0.2, -0.15) is 0 Å². The highest BCUT2D eigenvalue weighted by Crippen LogP contribution is 2.37. The molecule has 0 spiro atoms. The van der Waals surface area contributed by atoms with Gasteiger partial charge in [-0.05, 0) is 41.5 Å². The van der Waals surface area contributed by atoms with Crippen LogP contribution < -0.4 is 0 Å². The van der Waals surface area contributed by atoms with Crippen LogP contribution in [0.15, 0.2) is 89.5 Å². The highest BCUT2D eigenvalue weighted by Gasteiger charge is 2.24. The fourth-order valence-electron chi connectivity index (χ4n) is 3.96. The molecule has 0 fully saturated rings. The van der Waals surface area contributed by atoms with Gasteiger partial charge in [0.05, 0.1) is 5.69 Å². The van der Waals surface area contributed by atoms with E-state index in [9.17, 15) is 4.39 Å². The predicted octanol–water partition coefficient (Wildman–Crippen LogP) is 7.11. The average Bonchev–Trinajstić information content (AvgIpc) is 3.12. The van der Waals surface area contributed by atoms with Crippen molar-refractivity contribution >= 4 is 21.9 Å². The summed E-state index contributed by atoms with van der Waals surface area (Å²) >= 11 is 0. The van der Waals surface area contributed by atoms with Crippen molar-refractivity contribution in [3.8, 4) is 11.3 Å². The number of para-hydroxylation sites is 1. The minimum absolute atomic E-state index is 0.163. The number of benzene rings is 3. The number of aromatic nitrogens is 1. The maximum atomic E-state index is 13.7. The third-order valence-corrected chi connectivity index (χ3v) is 5.71. The first-order chi connectivity index (χ1) is 14.0. The van der Waals surface area contributed by atoms with E-state index in [1.54, 1.807) is 6.07 Å². The van der Waals surface area contributed by atoms with Crippen LogP contribution in [0.2, 0.25) is 0 Å². The van der Waals surface area contributed by atoms with Crippen molar-refractivity contribution in [3.63, 3.8) is 0 Å². The zero-order valence-corrected chi connectivity index (χ0v) is 16.3. The Bertz CT molecular complexity index is 1340. The zero-order valence-electron chi connectivity index (χ0n) is 16.3. The van der Waals surface area contributed by atoms with E-state index in [1.807, 2.05) is 30.5 Å². The molecule has 5 aromatic rings. The maximum absolute atomic E-state index is 13.7. The number of furan rings is 1. The van der Waals surface area contributed by atoms with E-state index >= 15 is 0 Å². The second-order valence-electron chi connectivity index (χ2n) is 7.85. The molecule has 0 aliphatic rings. The fraction of sp³-hybridized carbons (Fsp3) is 0.115. The molecule has 0 bridgehead atoms. The van der Waals surface area contributed by atoms with Crippen LogP contribution in [-0.4, -0.2) is 4.98 Å². The van der Waals surface area contributed by atoms with Crippen molar-refractivity contribution < 1.29 is 8.81 Å². The second kappa shape index (κ2) is 6.56. The molecule has 142 valence electrons. The van der Waals surface area contributed by atoms with Crippen LogP contribution in [0.1, 0.15) is 25.0 Å². The molecule has 0 radical (unpaired) electrons. The van der Waals surface area contributed by atoms with Crippen molar-refractivity contribution in [1.82, 2.24) is 4.98 Å². The molecule has 3 heteroatoms. The van der Waals surface area contributed by atoms with E-state index in [-0.39, 0.29) is 11.2 Å². The smallest absolute Gasteiger partial charge is 0.144 e. The third kappa shape index (κ3) is 2.90. The summed E-state index contributed by atoms with van der Waals surface area (Å²) < 4.78 is 19.7. The number of pyridine rings is 1. The van der Waals surface area contributed by atoms with Gasteiger partial charge in [0.15, 0.2) is 0 Å². The van der Waals surface area contributed by atoms with E-state index in [4.69, 9.17) is 4.42 Å². The summed E-state index contributed by atoms with van der Waals surface area (Å²) in [5.74, 6) is -0.303. The van der Waals surface area contributed by atoms with Gasteiger partial charge in [0.25, 0.3) is 0 Å². The Kier molecular flexibility index (Phi) is 3.99. The lowest BCUT2D eigenvalue weighted by atomic mass is 9.78. The molecule has 2 nitrogen and oxygen atoms in total. The normalized spacial score (nSPS) is 12.0. The largest absolute Gasteiger partial charge is 0.455 e.